The van der Waals surface area contributed by atoms with Gasteiger partial charge in [0.15, 0.2) is 17.3 Å². The molecule has 21 aromatic rings. The third kappa shape index (κ3) is 22.0. The first kappa shape index (κ1) is 99.7. The number of ketones is 3. The van der Waals surface area contributed by atoms with Crippen LogP contribution in [0.5, 0.6) is 0 Å². The third-order valence-electron chi connectivity index (χ3n) is 20.7. The molecule has 9 aromatic heterocycles. The standard InChI is InChI=1S/C25H21N2.C24H19N2.C15H8FN2.C15H9N2.C13H8N.3C5H8O2.5Ir/c1-15-9-10-22-21(13-15)19-7-5-6-8-20(19)25-26-14-23(27(22)25)24-17(3)11-16(2)12-18(24)4;1-15-13-16(2)22(17(3)14-15)19-8-6-9-20-23(19)18-7-4-5-10-21(18)26-12-11-25-24(20)26;16-10-5-6-12-13(9-10)11-3-1-2-4-14(11)18-8-7-17-15(12)18;1-2-7-13-11(5-1)12-6-3-4-8-14(12)17-10-9-16-15(13)17;1-2-6-12-10(4-1)7-8-11-5-3-9-14-13(11)12;3*1-4(6)3-5(2)7;;;;;/h5-7,9-14H,1-4H3;4-8,10-14H,1-3H3;1-5,7-9H;1-6,8-10H;1-5,7-9H;3*3,6H,1-2H3;;;;;/q5*-1;;;;;;;;. The monoisotopic (exact) mass is 2580 g/mol. The topological polar surface area (TPSA) is 194 Å². The number of aliphatic hydroxyl groups is 3. The van der Waals surface area contributed by atoms with E-state index >= 15 is 0 Å². The Labute approximate surface area is 809 Å². The number of aliphatic hydroxyl groups excluding tert-OH is 3. The van der Waals surface area contributed by atoms with E-state index in [1.807, 2.05) is 115 Å². The largest absolute Gasteiger partial charge is 0.512 e. The molecule has 0 atom stereocenters. The van der Waals surface area contributed by atoms with Crippen LogP contribution in [0.15, 0.2) is 303 Å². The van der Waals surface area contributed by atoms with Crippen LogP contribution in [0.1, 0.15) is 80.5 Å². The maximum Gasteiger partial charge on any atom is 0.155 e. The second kappa shape index (κ2) is 44.6. The Morgan fingerprint density at radius 2 is 0.773 bits per heavy atom. The number of carbonyl (C=O) groups is 3. The van der Waals surface area contributed by atoms with Crippen molar-refractivity contribution in [3.05, 3.63) is 379 Å². The Bertz CT molecular complexity index is 7540. The molecule has 0 amide bonds. The summed E-state index contributed by atoms with van der Waals surface area (Å²) in [6.07, 6.45) is 18.7. The van der Waals surface area contributed by atoms with Gasteiger partial charge in [-0.3, -0.25) is 38.7 Å². The van der Waals surface area contributed by atoms with Crippen LogP contribution in [0.25, 0.3) is 153 Å². The van der Waals surface area contributed by atoms with Crippen LogP contribution in [0.2, 0.25) is 0 Å². The van der Waals surface area contributed by atoms with Crippen molar-refractivity contribution in [2.75, 3.05) is 0 Å². The van der Waals surface area contributed by atoms with Crippen LogP contribution in [0.4, 0.5) is 4.39 Å². The van der Waals surface area contributed by atoms with Gasteiger partial charge in [0.05, 0.1) is 45.6 Å². The summed E-state index contributed by atoms with van der Waals surface area (Å²) < 4.78 is 22.0. The molecule has 9 heterocycles. The maximum atomic E-state index is 13.4. The van der Waals surface area contributed by atoms with Crippen LogP contribution >= 0.6 is 0 Å². The predicted octanol–water partition coefficient (Wildman–Crippen LogP) is 25.7. The number of halogens is 1. The van der Waals surface area contributed by atoms with Crippen molar-refractivity contribution in [1.29, 1.82) is 0 Å². The minimum Gasteiger partial charge on any atom is -0.512 e. The Kier molecular flexibility index (Phi) is 34.7. The molecule has 21 heteroatoms. The molecule has 0 aliphatic heterocycles. The minimum absolute atomic E-state index is 0. The molecule has 0 unspecified atom stereocenters. The van der Waals surface area contributed by atoms with Crippen LogP contribution in [0, 0.1) is 84.6 Å². The maximum absolute atomic E-state index is 13.4. The fourth-order valence-electron chi connectivity index (χ4n) is 16.3. The molecule has 0 bridgehead atoms. The molecule has 655 valence electrons. The first-order chi connectivity index (χ1) is 59.3. The molecule has 3 N–H and O–H groups in total. The van der Waals surface area contributed by atoms with E-state index in [1.54, 1.807) is 12.3 Å². The summed E-state index contributed by atoms with van der Waals surface area (Å²) in [4.78, 5) is 52.7. The quantitative estimate of drug-likeness (QED) is 0.0642. The number of carbonyl (C=O) groups excluding carboxylic acids is 3. The normalized spacial score (nSPS) is 11.1. The second-order valence-corrected chi connectivity index (χ2v) is 30.4. The number of aromatic nitrogens is 9. The molecule has 15 nitrogen and oxygen atoms in total. The van der Waals surface area contributed by atoms with Crippen LogP contribution in [-0.4, -0.2) is 75.2 Å². The Balaban J connectivity index is 0.000000172. The number of imidazole rings is 4. The molecule has 0 aliphatic rings. The van der Waals surface area contributed by atoms with Gasteiger partial charge in [0.1, 0.15) is 0 Å². The SMILES string of the molecule is CC(=O)C=C(C)O.CC(=O)C=C(C)O.CC(=O)C=C(C)O.Cc1cc(C)c(-c2cc[c-]c3c2c2ccccc2n2ccnc32)c(C)c1.Cc1cc(C)c(-c2cnc3c4[c-]cccc4c4cc(C)ccc4n23)c(C)c1.Fc1c[c-]c2c(c1)c1ccccc1n1ccnc21.[Ir].[Ir].[Ir].[Ir].[Ir].[c-]1cccc2c1c1nccn1c1ccccc21.[c-]1cccc2ccc3cccnc3c12. The van der Waals surface area contributed by atoms with Gasteiger partial charge in [-0.15, -0.1) is 131 Å². The summed E-state index contributed by atoms with van der Waals surface area (Å²) in [5, 5.41) is 41.9. The molecule has 128 heavy (non-hydrogen) atoms. The molecule has 0 fully saturated rings. The van der Waals surface area contributed by atoms with Crippen molar-refractivity contribution in [2.24, 2.45) is 0 Å². The number of fused-ring (bicyclic) bond motifs is 27. The van der Waals surface area contributed by atoms with Gasteiger partial charge in [0, 0.05) is 202 Å². The summed E-state index contributed by atoms with van der Waals surface area (Å²) in [6.45, 7) is 23.8. The summed E-state index contributed by atoms with van der Waals surface area (Å²) in [5.41, 5.74) is 23.4. The number of aryl methyl sites for hydroxylation is 7. The van der Waals surface area contributed by atoms with Crippen LogP contribution < -0.4 is 0 Å². The summed E-state index contributed by atoms with van der Waals surface area (Å²) in [5.74, 6) is -0.462. The van der Waals surface area contributed by atoms with Crippen molar-refractivity contribution in [3.63, 3.8) is 0 Å². The van der Waals surface area contributed by atoms with Crippen molar-refractivity contribution in [3.8, 4) is 22.4 Å². The molecule has 0 aliphatic carbocycles. The molecule has 0 saturated heterocycles. The number of benzene rings is 12. The molecule has 0 saturated carbocycles. The van der Waals surface area contributed by atoms with Gasteiger partial charge in [-0.2, -0.15) is 0 Å². The Morgan fingerprint density at radius 3 is 1.29 bits per heavy atom. The average Bonchev–Trinajstić information content (AvgIpc) is 1.40. The first-order valence-electron chi connectivity index (χ1n) is 40.1. The van der Waals surface area contributed by atoms with E-state index < -0.39 is 0 Å². The van der Waals surface area contributed by atoms with E-state index in [0.717, 1.165) is 77.0 Å². The van der Waals surface area contributed by atoms with Gasteiger partial charge >= 0.3 is 0 Å². The van der Waals surface area contributed by atoms with E-state index in [4.69, 9.17) is 20.3 Å². The second-order valence-electron chi connectivity index (χ2n) is 30.4. The van der Waals surface area contributed by atoms with Gasteiger partial charge in [-0.25, -0.2) is 0 Å². The zero-order valence-electron chi connectivity index (χ0n) is 72.3. The van der Waals surface area contributed by atoms with Gasteiger partial charge in [0.2, 0.25) is 0 Å². The zero-order valence-corrected chi connectivity index (χ0v) is 84.2. The summed E-state index contributed by atoms with van der Waals surface area (Å²) in [6, 6.07) is 90.6. The third-order valence-corrected chi connectivity index (χ3v) is 20.7. The Hall–Kier alpha value is -12.0. The van der Waals surface area contributed by atoms with Crippen LogP contribution in [0.3, 0.4) is 0 Å². The molecular formula is C107H89FIr5N9O6-5. The number of para-hydroxylation sites is 3. The molecule has 5 radical (unpaired) electrons. The van der Waals surface area contributed by atoms with E-state index in [1.165, 1.54) is 181 Å². The number of nitrogens with zero attached hydrogens (tertiary/aromatic N) is 9. The predicted molar refractivity (Wildman–Crippen MR) is 499 cm³/mol. The Morgan fingerprint density at radius 1 is 0.352 bits per heavy atom. The summed E-state index contributed by atoms with van der Waals surface area (Å²) >= 11 is 0. The smallest absolute Gasteiger partial charge is 0.155 e. The molecular weight excluding hydrogens is 2490 g/mol. The average molecular weight is 2580 g/mol. The van der Waals surface area contributed by atoms with E-state index in [-0.39, 0.29) is 141 Å². The van der Waals surface area contributed by atoms with Crippen molar-refractivity contribution < 1.29 is 135 Å². The number of pyridine rings is 5. The molecule has 0 spiro atoms. The zero-order chi connectivity index (χ0) is 86.9. The fraction of sp³-hybridized carbons (Fsp3) is 0.121. The number of hydrogen-bond donors (Lipinski definition) is 3. The van der Waals surface area contributed by atoms with Gasteiger partial charge < -0.3 is 37.9 Å². The fourth-order valence-corrected chi connectivity index (χ4v) is 16.3. The summed E-state index contributed by atoms with van der Waals surface area (Å²) in [7, 11) is 0. The van der Waals surface area contributed by atoms with Crippen molar-refractivity contribution in [2.45, 2.75) is 90.0 Å². The molecule has 12 aromatic carbocycles. The number of allylic oxidation sites excluding steroid dienone is 6. The van der Waals surface area contributed by atoms with Crippen molar-refractivity contribution >= 4 is 148 Å². The van der Waals surface area contributed by atoms with E-state index in [2.05, 4.69) is 251 Å². The minimum atomic E-state index is -0.274. The van der Waals surface area contributed by atoms with Gasteiger partial charge in [0.25, 0.3) is 0 Å². The van der Waals surface area contributed by atoms with Gasteiger partial charge in [-0.05, 0) is 181 Å². The first-order valence-corrected chi connectivity index (χ1v) is 40.1. The number of rotatable bonds is 5. The van der Waals surface area contributed by atoms with Crippen LogP contribution in [-0.2, 0) is 115 Å². The van der Waals surface area contributed by atoms with E-state index in [0.29, 0.717) is 0 Å². The number of hydrogen-bond acceptors (Lipinski definition) is 11. The van der Waals surface area contributed by atoms with Crippen molar-refractivity contribution in [1.82, 2.24) is 42.5 Å². The van der Waals surface area contributed by atoms with E-state index in [9.17, 15) is 18.8 Å². The molecule has 21 rings (SSSR count). The van der Waals surface area contributed by atoms with Gasteiger partial charge in [-0.1, -0.05) is 164 Å².